The maximum atomic E-state index is 13.0. The number of hydrogen-bond acceptors (Lipinski definition) is 2. The van der Waals surface area contributed by atoms with Crippen LogP contribution in [-0.4, -0.2) is 36.0 Å². The maximum absolute atomic E-state index is 13.0. The Hall–Kier alpha value is -3.41. The third-order valence-corrected chi connectivity index (χ3v) is 7.29. The zero-order valence-corrected chi connectivity index (χ0v) is 21.0. The Labute approximate surface area is 217 Å². The minimum Gasteiger partial charge on any atom is -0.297 e. The second-order valence-corrected chi connectivity index (χ2v) is 9.75. The fraction of sp³-hybridized carbons (Fsp3) is 0.250. The molecule has 0 unspecified atom stereocenters. The molecule has 0 spiro atoms. The van der Waals surface area contributed by atoms with E-state index in [9.17, 15) is 13.2 Å². The van der Waals surface area contributed by atoms with E-state index in [-0.39, 0.29) is 6.04 Å². The molecule has 1 aliphatic heterocycles. The molecule has 0 atom stereocenters. The van der Waals surface area contributed by atoms with Gasteiger partial charge < -0.3 is 0 Å². The molecule has 0 amide bonds. The van der Waals surface area contributed by atoms with Crippen LogP contribution in [0, 0.1) is 6.92 Å². The van der Waals surface area contributed by atoms with Crippen molar-refractivity contribution in [3.05, 3.63) is 131 Å². The van der Waals surface area contributed by atoms with E-state index in [0.717, 1.165) is 56.0 Å². The van der Waals surface area contributed by atoms with Gasteiger partial charge in [0.05, 0.1) is 11.6 Å². The Balaban J connectivity index is 1.28. The summed E-state index contributed by atoms with van der Waals surface area (Å²) in [5.41, 5.74) is 6.15. The summed E-state index contributed by atoms with van der Waals surface area (Å²) in [6.45, 7) is 6.77. The van der Waals surface area contributed by atoms with Crippen molar-refractivity contribution in [1.29, 1.82) is 0 Å². The fourth-order valence-electron chi connectivity index (χ4n) is 5.18. The Bertz CT molecular complexity index is 1250. The minimum absolute atomic E-state index is 0.231. The van der Waals surface area contributed by atoms with Crippen molar-refractivity contribution in [3.8, 4) is 11.1 Å². The van der Waals surface area contributed by atoms with Crippen LogP contribution in [0.15, 0.2) is 103 Å². The van der Waals surface area contributed by atoms with E-state index >= 15 is 0 Å². The number of hydrogen-bond donors (Lipinski definition) is 0. The third-order valence-electron chi connectivity index (χ3n) is 7.29. The van der Waals surface area contributed by atoms with Gasteiger partial charge in [0.15, 0.2) is 0 Å². The van der Waals surface area contributed by atoms with Crippen molar-refractivity contribution in [2.75, 3.05) is 26.2 Å². The molecule has 4 aromatic rings. The largest absolute Gasteiger partial charge is 0.416 e. The van der Waals surface area contributed by atoms with E-state index in [4.69, 9.17) is 0 Å². The second-order valence-electron chi connectivity index (χ2n) is 9.75. The van der Waals surface area contributed by atoms with Crippen LogP contribution in [0.1, 0.15) is 33.9 Å². The molecule has 0 N–H and O–H groups in total. The Kier molecular flexibility index (Phi) is 7.45. The van der Waals surface area contributed by atoms with Crippen LogP contribution in [0.5, 0.6) is 0 Å². The summed E-state index contributed by atoms with van der Waals surface area (Å²) in [5, 5.41) is 0. The first kappa shape index (κ1) is 25.2. The van der Waals surface area contributed by atoms with Gasteiger partial charge >= 0.3 is 6.18 Å². The lowest BCUT2D eigenvalue weighted by molar-refractivity contribution is -0.137. The van der Waals surface area contributed by atoms with Gasteiger partial charge in [-0.25, -0.2) is 0 Å². The zero-order valence-electron chi connectivity index (χ0n) is 21.0. The highest BCUT2D eigenvalue weighted by atomic mass is 19.4. The number of benzene rings is 4. The highest BCUT2D eigenvalue weighted by Crippen LogP contribution is 2.32. The molecule has 2 nitrogen and oxygen atoms in total. The first-order valence-electron chi connectivity index (χ1n) is 12.7. The molecule has 1 saturated heterocycles. The van der Waals surface area contributed by atoms with Crippen molar-refractivity contribution >= 4 is 0 Å². The monoisotopic (exact) mass is 500 g/mol. The predicted molar refractivity (Wildman–Crippen MR) is 143 cm³/mol. The van der Waals surface area contributed by atoms with Crippen molar-refractivity contribution in [3.63, 3.8) is 0 Å². The topological polar surface area (TPSA) is 6.48 Å². The molecule has 4 aromatic carbocycles. The number of halogens is 3. The van der Waals surface area contributed by atoms with Gasteiger partial charge in [0.1, 0.15) is 0 Å². The van der Waals surface area contributed by atoms with Crippen molar-refractivity contribution in [2.45, 2.75) is 25.7 Å². The molecule has 0 radical (unpaired) electrons. The fourth-order valence-corrected chi connectivity index (χ4v) is 5.18. The number of piperazine rings is 1. The van der Waals surface area contributed by atoms with Gasteiger partial charge in [0.2, 0.25) is 0 Å². The highest BCUT2D eigenvalue weighted by molar-refractivity contribution is 5.65. The van der Waals surface area contributed by atoms with Crippen LogP contribution in [0.2, 0.25) is 0 Å². The molecule has 5 heteroatoms. The van der Waals surface area contributed by atoms with E-state index in [1.807, 2.05) is 6.07 Å². The summed E-state index contributed by atoms with van der Waals surface area (Å²) >= 11 is 0. The van der Waals surface area contributed by atoms with Crippen LogP contribution < -0.4 is 0 Å². The van der Waals surface area contributed by atoms with Gasteiger partial charge in [0, 0.05) is 32.7 Å². The molecule has 1 heterocycles. The summed E-state index contributed by atoms with van der Waals surface area (Å²) in [7, 11) is 0. The Morgan fingerprint density at radius 2 is 1.22 bits per heavy atom. The van der Waals surface area contributed by atoms with Gasteiger partial charge in [-0.05, 0) is 58.5 Å². The Morgan fingerprint density at radius 1 is 0.676 bits per heavy atom. The van der Waals surface area contributed by atoms with E-state index in [2.05, 4.69) is 89.5 Å². The average Bonchev–Trinajstić information content (AvgIpc) is 2.92. The molecule has 0 aromatic heterocycles. The zero-order chi connectivity index (χ0) is 25.8. The summed E-state index contributed by atoms with van der Waals surface area (Å²) in [4.78, 5) is 5.04. The maximum Gasteiger partial charge on any atom is 0.416 e. The predicted octanol–water partition coefficient (Wildman–Crippen LogP) is 7.59. The Morgan fingerprint density at radius 3 is 1.76 bits per heavy atom. The van der Waals surface area contributed by atoms with Crippen LogP contribution in [0.25, 0.3) is 11.1 Å². The molecule has 190 valence electrons. The molecular formula is C32H31F3N2. The van der Waals surface area contributed by atoms with E-state index in [0.29, 0.717) is 0 Å². The highest BCUT2D eigenvalue weighted by Gasteiger charge is 2.30. The molecule has 0 bridgehead atoms. The van der Waals surface area contributed by atoms with Crippen molar-refractivity contribution in [2.24, 2.45) is 0 Å². The van der Waals surface area contributed by atoms with Gasteiger partial charge in [-0.15, -0.1) is 0 Å². The average molecular weight is 501 g/mol. The van der Waals surface area contributed by atoms with Crippen molar-refractivity contribution < 1.29 is 13.2 Å². The molecule has 1 fully saturated rings. The molecule has 0 aliphatic carbocycles. The number of alkyl halides is 3. The summed E-state index contributed by atoms with van der Waals surface area (Å²) in [6, 6.07) is 33.2. The van der Waals surface area contributed by atoms with Gasteiger partial charge in [-0.3, -0.25) is 9.80 Å². The standard InChI is InChI=1S/C32H31F3N2/c1-24-12-13-28(25-14-16-30(17-15-25)32(33,34)35)22-29(24)23-36-18-20-37(21-19-36)31(26-8-4-2-5-9-26)27-10-6-3-7-11-27/h2-17,22,31H,18-21,23H2,1H3. The van der Waals surface area contributed by atoms with E-state index in [1.54, 1.807) is 12.1 Å². The summed E-state index contributed by atoms with van der Waals surface area (Å²) in [5.74, 6) is 0. The molecule has 5 rings (SSSR count). The van der Waals surface area contributed by atoms with E-state index in [1.165, 1.54) is 22.3 Å². The second kappa shape index (κ2) is 10.9. The molecular weight excluding hydrogens is 469 g/mol. The number of nitrogens with zero attached hydrogens (tertiary/aromatic N) is 2. The van der Waals surface area contributed by atoms with Gasteiger partial charge in [-0.1, -0.05) is 84.9 Å². The SMILES string of the molecule is Cc1ccc(-c2ccc(C(F)(F)F)cc2)cc1CN1CCN(C(c2ccccc2)c2ccccc2)CC1. The number of aryl methyl sites for hydroxylation is 1. The van der Waals surface area contributed by atoms with Crippen LogP contribution in [0.4, 0.5) is 13.2 Å². The lowest BCUT2D eigenvalue weighted by atomic mass is 9.96. The lowest BCUT2D eigenvalue weighted by Gasteiger charge is -2.40. The van der Waals surface area contributed by atoms with Crippen LogP contribution in [0.3, 0.4) is 0 Å². The first-order valence-corrected chi connectivity index (χ1v) is 12.7. The molecule has 37 heavy (non-hydrogen) atoms. The number of rotatable bonds is 6. The summed E-state index contributed by atoms with van der Waals surface area (Å²) < 4.78 is 38.9. The van der Waals surface area contributed by atoms with Gasteiger partial charge in [-0.2, -0.15) is 13.2 Å². The quantitative estimate of drug-likeness (QED) is 0.269. The molecule has 0 saturated carbocycles. The van der Waals surface area contributed by atoms with E-state index < -0.39 is 11.7 Å². The van der Waals surface area contributed by atoms with Crippen LogP contribution >= 0.6 is 0 Å². The minimum atomic E-state index is -4.32. The van der Waals surface area contributed by atoms with Crippen molar-refractivity contribution in [1.82, 2.24) is 9.80 Å². The molecule has 1 aliphatic rings. The third kappa shape index (κ3) is 5.95. The lowest BCUT2D eigenvalue weighted by Crippen LogP contribution is -2.47. The normalized spacial score (nSPS) is 15.3. The smallest absolute Gasteiger partial charge is 0.297 e. The first-order chi connectivity index (χ1) is 17.9. The van der Waals surface area contributed by atoms with Gasteiger partial charge in [0.25, 0.3) is 0 Å². The van der Waals surface area contributed by atoms with Crippen LogP contribution in [-0.2, 0) is 12.7 Å². The summed E-state index contributed by atoms with van der Waals surface area (Å²) in [6.07, 6.45) is -4.32.